The lowest BCUT2D eigenvalue weighted by Gasteiger charge is -2.28. The molecule has 4 aromatic rings. The minimum Gasteiger partial charge on any atom is -0.473 e. The third kappa shape index (κ3) is 3.05. The fourth-order valence-electron chi connectivity index (χ4n) is 4.64. The maximum absolute atomic E-state index is 15.0. The average Bonchev–Trinajstić information content (AvgIpc) is 3.50. The number of H-pyrrole nitrogens is 1. The van der Waals surface area contributed by atoms with Crippen molar-refractivity contribution in [2.75, 3.05) is 0 Å². The Morgan fingerprint density at radius 3 is 2.73 bits per heavy atom. The molecule has 152 valence electrons. The SMILES string of the molecule is Fc1cc(-c2ccc(OC3CC4CCC(C3)N4)nn2)c2scnc2c1-c1cn[nH]c1. The smallest absolute Gasteiger partial charge is 0.233 e. The molecule has 1 aromatic carbocycles. The Hall–Kier alpha value is -2.91. The zero-order valence-electron chi connectivity index (χ0n) is 16.0. The highest BCUT2D eigenvalue weighted by molar-refractivity contribution is 7.17. The molecule has 9 heteroatoms. The van der Waals surface area contributed by atoms with Crippen LogP contribution in [0.1, 0.15) is 25.7 Å². The number of hydrogen-bond donors (Lipinski definition) is 2. The summed E-state index contributed by atoms with van der Waals surface area (Å²) >= 11 is 1.45. The van der Waals surface area contributed by atoms with E-state index in [4.69, 9.17) is 4.74 Å². The van der Waals surface area contributed by atoms with Crippen LogP contribution in [0.15, 0.2) is 36.1 Å². The van der Waals surface area contributed by atoms with Crippen molar-refractivity contribution in [3.8, 4) is 28.3 Å². The van der Waals surface area contributed by atoms with Crippen LogP contribution in [-0.4, -0.2) is 43.6 Å². The van der Waals surface area contributed by atoms with Crippen molar-refractivity contribution in [1.82, 2.24) is 30.7 Å². The van der Waals surface area contributed by atoms with Crippen LogP contribution in [0.5, 0.6) is 5.88 Å². The van der Waals surface area contributed by atoms with Gasteiger partial charge in [-0.05, 0) is 37.8 Å². The first-order chi connectivity index (χ1) is 14.7. The fourth-order valence-corrected chi connectivity index (χ4v) is 5.46. The van der Waals surface area contributed by atoms with Crippen molar-refractivity contribution in [3.63, 3.8) is 0 Å². The number of aromatic nitrogens is 5. The first kappa shape index (κ1) is 17.9. The molecule has 0 amide bonds. The summed E-state index contributed by atoms with van der Waals surface area (Å²) in [6, 6.07) is 6.26. The number of fused-ring (bicyclic) bond motifs is 3. The van der Waals surface area contributed by atoms with Crippen LogP contribution in [0.4, 0.5) is 4.39 Å². The van der Waals surface area contributed by atoms with Gasteiger partial charge < -0.3 is 10.1 Å². The van der Waals surface area contributed by atoms with E-state index >= 15 is 4.39 Å². The summed E-state index contributed by atoms with van der Waals surface area (Å²) in [6.07, 6.45) is 7.88. The second-order valence-electron chi connectivity index (χ2n) is 7.90. The number of benzene rings is 1. The van der Waals surface area contributed by atoms with Crippen LogP contribution < -0.4 is 10.1 Å². The van der Waals surface area contributed by atoms with Gasteiger partial charge in [0.05, 0.1) is 27.6 Å². The van der Waals surface area contributed by atoms with Gasteiger partial charge in [0, 0.05) is 41.0 Å². The van der Waals surface area contributed by atoms with E-state index in [1.807, 2.05) is 12.1 Å². The highest BCUT2D eigenvalue weighted by Gasteiger charge is 2.34. The van der Waals surface area contributed by atoms with Gasteiger partial charge in [-0.25, -0.2) is 9.37 Å². The zero-order chi connectivity index (χ0) is 20.1. The Morgan fingerprint density at radius 1 is 1.13 bits per heavy atom. The molecule has 2 fully saturated rings. The molecule has 2 N–H and O–H groups in total. The topological polar surface area (TPSA) is 88.6 Å². The summed E-state index contributed by atoms with van der Waals surface area (Å²) in [5, 5.41) is 18.9. The van der Waals surface area contributed by atoms with E-state index in [-0.39, 0.29) is 11.9 Å². The highest BCUT2D eigenvalue weighted by atomic mass is 32.1. The molecule has 5 heterocycles. The van der Waals surface area contributed by atoms with Crippen molar-refractivity contribution in [2.45, 2.75) is 43.9 Å². The average molecular weight is 422 g/mol. The molecule has 2 atom stereocenters. The third-order valence-corrected chi connectivity index (χ3v) is 6.84. The van der Waals surface area contributed by atoms with E-state index in [1.54, 1.807) is 17.9 Å². The molecule has 0 radical (unpaired) electrons. The van der Waals surface area contributed by atoms with Gasteiger partial charge in [-0.3, -0.25) is 5.10 Å². The number of nitrogens with one attached hydrogen (secondary N) is 2. The number of aromatic amines is 1. The Balaban J connectivity index is 1.31. The maximum atomic E-state index is 15.0. The number of rotatable bonds is 4. The lowest BCUT2D eigenvalue weighted by atomic mass is 10.0. The summed E-state index contributed by atoms with van der Waals surface area (Å²) in [6.45, 7) is 0. The first-order valence-electron chi connectivity index (χ1n) is 10.1. The molecule has 0 aliphatic carbocycles. The number of thiazole rings is 1. The first-order valence-corrected chi connectivity index (χ1v) is 10.9. The van der Waals surface area contributed by atoms with Gasteiger partial charge in [0.15, 0.2) is 0 Å². The van der Waals surface area contributed by atoms with Gasteiger partial charge >= 0.3 is 0 Å². The van der Waals surface area contributed by atoms with Crippen molar-refractivity contribution >= 4 is 21.6 Å². The van der Waals surface area contributed by atoms with Gasteiger partial charge in [0.25, 0.3) is 0 Å². The van der Waals surface area contributed by atoms with Gasteiger partial charge in [0.2, 0.25) is 5.88 Å². The molecule has 2 aliphatic rings. The number of ether oxygens (including phenoxy) is 1. The van der Waals surface area contributed by atoms with E-state index in [9.17, 15) is 0 Å². The highest BCUT2D eigenvalue weighted by Crippen LogP contribution is 2.38. The summed E-state index contributed by atoms with van der Waals surface area (Å²) in [7, 11) is 0. The second-order valence-corrected chi connectivity index (χ2v) is 8.76. The molecule has 0 saturated carbocycles. The normalized spacial score (nSPS) is 23.2. The van der Waals surface area contributed by atoms with E-state index in [0.717, 1.165) is 17.5 Å². The number of hydrogen-bond acceptors (Lipinski definition) is 7. The molecule has 2 bridgehead atoms. The lowest BCUT2D eigenvalue weighted by Crippen LogP contribution is -2.42. The predicted molar refractivity (Wildman–Crippen MR) is 112 cm³/mol. The number of halogens is 1. The molecule has 7 nitrogen and oxygen atoms in total. The monoisotopic (exact) mass is 422 g/mol. The van der Waals surface area contributed by atoms with Crippen molar-refractivity contribution < 1.29 is 9.13 Å². The lowest BCUT2D eigenvalue weighted by molar-refractivity contribution is 0.130. The number of piperidine rings is 1. The molecule has 0 spiro atoms. The molecule has 6 rings (SSSR count). The van der Waals surface area contributed by atoms with Gasteiger partial charge in [0.1, 0.15) is 11.9 Å². The second kappa shape index (κ2) is 7.10. The number of nitrogens with zero attached hydrogens (tertiary/aromatic N) is 4. The van der Waals surface area contributed by atoms with E-state index in [2.05, 4.69) is 30.7 Å². The predicted octanol–water partition coefficient (Wildman–Crippen LogP) is 3.94. The maximum Gasteiger partial charge on any atom is 0.233 e. The van der Waals surface area contributed by atoms with Crippen molar-refractivity contribution in [3.05, 3.63) is 41.9 Å². The minimum absolute atomic E-state index is 0.170. The Bertz CT molecular complexity index is 1180. The van der Waals surface area contributed by atoms with Crippen molar-refractivity contribution in [2.24, 2.45) is 0 Å². The minimum atomic E-state index is -0.364. The molecular weight excluding hydrogens is 403 g/mol. The van der Waals surface area contributed by atoms with Gasteiger partial charge in [-0.15, -0.1) is 21.5 Å². The Kier molecular flexibility index (Phi) is 4.24. The summed E-state index contributed by atoms with van der Waals surface area (Å²) in [5.41, 5.74) is 4.70. The van der Waals surface area contributed by atoms with Crippen LogP contribution >= 0.6 is 11.3 Å². The molecule has 3 aromatic heterocycles. The summed E-state index contributed by atoms with van der Waals surface area (Å²) < 4.78 is 22.0. The van der Waals surface area contributed by atoms with Crippen LogP contribution in [0.25, 0.3) is 32.6 Å². The van der Waals surface area contributed by atoms with E-state index in [0.29, 0.717) is 45.9 Å². The van der Waals surface area contributed by atoms with Crippen molar-refractivity contribution in [1.29, 1.82) is 0 Å². The van der Waals surface area contributed by atoms with Crippen LogP contribution in [-0.2, 0) is 0 Å². The summed E-state index contributed by atoms with van der Waals surface area (Å²) in [5.74, 6) is 0.151. The summed E-state index contributed by atoms with van der Waals surface area (Å²) in [4.78, 5) is 4.39. The van der Waals surface area contributed by atoms with Gasteiger partial charge in [-0.2, -0.15) is 5.10 Å². The molecule has 2 unspecified atom stereocenters. The largest absolute Gasteiger partial charge is 0.473 e. The third-order valence-electron chi connectivity index (χ3n) is 5.98. The van der Waals surface area contributed by atoms with Crippen LogP contribution in [0.2, 0.25) is 0 Å². The molecular formula is C21H19FN6OS. The Labute approximate surface area is 175 Å². The Morgan fingerprint density at radius 2 is 2.00 bits per heavy atom. The van der Waals surface area contributed by atoms with Crippen LogP contribution in [0.3, 0.4) is 0 Å². The quantitative estimate of drug-likeness (QED) is 0.518. The van der Waals surface area contributed by atoms with Gasteiger partial charge in [-0.1, -0.05) is 0 Å². The van der Waals surface area contributed by atoms with E-state index in [1.165, 1.54) is 30.2 Å². The van der Waals surface area contributed by atoms with E-state index < -0.39 is 0 Å². The fraction of sp³-hybridized carbons (Fsp3) is 0.333. The molecule has 30 heavy (non-hydrogen) atoms. The molecule has 2 saturated heterocycles. The van der Waals surface area contributed by atoms with Crippen LogP contribution in [0, 0.1) is 5.82 Å². The molecule has 2 aliphatic heterocycles. The zero-order valence-corrected chi connectivity index (χ0v) is 16.8. The standard InChI is InChI=1S/C21H19FN6OS/c22-16-7-15(21-20(23-10-30-21)19(16)11-8-24-25-9-11)17-3-4-18(28-27-17)29-14-5-12-1-2-13(6-14)26-12/h3-4,7-10,12-14,26H,1-2,5-6H2,(H,24,25).